The van der Waals surface area contributed by atoms with Gasteiger partial charge in [0.1, 0.15) is 0 Å². The van der Waals surface area contributed by atoms with Gasteiger partial charge in [-0.1, -0.05) is 13.3 Å². The first kappa shape index (κ1) is 12.9. The van der Waals surface area contributed by atoms with Crippen LogP contribution in [0.4, 0.5) is 17.2 Å². The number of aromatic amines is 1. The SMILES string of the molecule is CCCc1cc(NC(=O)c2cc(N)cc(N)c2)n[nH]1. The number of amides is 1. The van der Waals surface area contributed by atoms with Crippen LogP contribution in [-0.2, 0) is 6.42 Å². The Kier molecular flexibility index (Phi) is 3.70. The molecule has 0 fully saturated rings. The summed E-state index contributed by atoms with van der Waals surface area (Å²) in [4.78, 5) is 12.0. The molecule has 1 amide bonds. The van der Waals surface area contributed by atoms with Crippen molar-refractivity contribution >= 4 is 23.1 Å². The molecule has 100 valence electrons. The molecular formula is C13H17N5O. The van der Waals surface area contributed by atoms with Crippen molar-refractivity contribution < 1.29 is 4.79 Å². The van der Waals surface area contributed by atoms with Crippen molar-refractivity contribution in [2.24, 2.45) is 0 Å². The van der Waals surface area contributed by atoms with Gasteiger partial charge >= 0.3 is 0 Å². The molecule has 2 rings (SSSR count). The number of aryl methyl sites for hydroxylation is 1. The zero-order valence-corrected chi connectivity index (χ0v) is 10.7. The number of nitrogens with zero attached hydrogens (tertiary/aromatic N) is 1. The topological polar surface area (TPSA) is 110 Å². The summed E-state index contributed by atoms with van der Waals surface area (Å²) in [6.45, 7) is 2.08. The number of carbonyl (C=O) groups excluding carboxylic acids is 1. The molecule has 0 unspecified atom stereocenters. The quantitative estimate of drug-likeness (QED) is 0.627. The van der Waals surface area contributed by atoms with Gasteiger partial charge in [0.05, 0.1) is 0 Å². The van der Waals surface area contributed by atoms with Gasteiger partial charge in [-0.15, -0.1) is 0 Å². The van der Waals surface area contributed by atoms with Gasteiger partial charge in [0.2, 0.25) is 0 Å². The molecule has 0 aliphatic carbocycles. The lowest BCUT2D eigenvalue weighted by molar-refractivity contribution is 0.102. The highest BCUT2D eigenvalue weighted by Crippen LogP contribution is 2.15. The van der Waals surface area contributed by atoms with Gasteiger partial charge in [0.15, 0.2) is 5.82 Å². The molecule has 0 spiro atoms. The fourth-order valence-corrected chi connectivity index (χ4v) is 1.82. The van der Waals surface area contributed by atoms with Crippen LogP contribution >= 0.6 is 0 Å². The van der Waals surface area contributed by atoms with E-state index in [4.69, 9.17) is 11.5 Å². The number of carbonyl (C=O) groups is 1. The Balaban J connectivity index is 2.11. The first-order valence-electron chi connectivity index (χ1n) is 6.10. The molecule has 1 heterocycles. The molecule has 19 heavy (non-hydrogen) atoms. The molecule has 0 radical (unpaired) electrons. The molecule has 1 aromatic carbocycles. The lowest BCUT2D eigenvalue weighted by Crippen LogP contribution is -2.13. The average molecular weight is 259 g/mol. The van der Waals surface area contributed by atoms with Crippen LogP contribution in [0.2, 0.25) is 0 Å². The number of anilines is 3. The van der Waals surface area contributed by atoms with E-state index in [0.717, 1.165) is 18.5 Å². The number of nitrogen functional groups attached to an aromatic ring is 2. The monoisotopic (exact) mass is 259 g/mol. The van der Waals surface area contributed by atoms with Crippen molar-refractivity contribution in [1.29, 1.82) is 0 Å². The smallest absolute Gasteiger partial charge is 0.257 e. The third-order valence-corrected chi connectivity index (χ3v) is 2.63. The summed E-state index contributed by atoms with van der Waals surface area (Å²) < 4.78 is 0. The van der Waals surface area contributed by atoms with Crippen molar-refractivity contribution in [3.05, 3.63) is 35.5 Å². The number of nitrogens with two attached hydrogens (primary N) is 2. The van der Waals surface area contributed by atoms with Gasteiger partial charge in [-0.25, -0.2) is 0 Å². The van der Waals surface area contributed by atoms with Crippen LogP contribution in [0.25, 0.3) is 0 Å². The van der Waals surface area contributed by atoms with Crippen LogP contribution in [0.3, 0.4) is 0 Å². The molecule has 0 bridgehead atoms. The summed E-state index contributed by atoms with van der Waals surface area (Å²) >= 11 is 0. The maximum absolute atomic E-state index is 12.0. The van der Waals surface area contributed by atoms with Gasteiger partial charge < -0.3 is 16.8 Å². The van der Waals surface area contributed by atoms with E-state index < -0.39 is 0 Å². The standard InChI is InChI=1S/C13H17N5O/c1-2-3-11-7-12(18-17-11)16-13(19)8-4-9(14)6-10(15)5-8/h4-7H,2-3,14-15H2,1H3,(H2,16,17,18,19). The van der Waals surface area contributed by atoms with E-state index in [0.29, 0.717) is 22.8 Å². The molecule has 0 aliphatic rings. The van der Waals surface area contributed by atoms with Gasteiger partial charge in [0, 0.05) is 28.7 Å². The highest BCUT2D eigenvalue weighted by Gasteiger charge is 2.09. The molecule has 6 N–H and O–H groups in total. The zero-order valence-electron chi connectivity index (χ0n) is 10.7. The molecule has 6 nitrogen and oxygen atoms in total. The predicted octanol–water partition coefficient (Wildman–Crippen LogP) is 1.78. The first-order chi connectivity index (χ1) is 9.08. The molecule has 0 aliphatic heterocycles. The van der Waals surface area contributed by atoms with Crippen molar-refractivity contribution in [3.8, 4) is 0 Å². The minimum Gasteiger partial charge on any atom is -0.399 e. The molecule has 6 heteroatoms. The van der Waals surface area contributed by atoms with E-state index in [2.05, 4.69) is 22.4 Å². The maximum Gasteiger partial charge on any atom is 0.257 e. The average Bonchev–Trinajstić information content (AvgIpc) is 2.76. The Morgan fingerprint density at radius 1 is 1.26 bits per heavy atom. The lowest BCUT2D eigenvalue weighted by atomic mass is 10.1. The molecule has 0 saturated carbocycles. The lowest BCUT2D eigenvalue weighted by Gasteiger charge is -2.04. The Labute approximate surface area is 111 Å². The van der Waals surface area contributed by atoms with E-state index in [1.165, 1.54) is 0 Å². The minimum atomic E-state index is -0.284. The van der Waals surface area contributed by atoms with Gasteiger partial charge in [-0.2, -0.15) is 5.10 Å². The second kappa shape index (κ2) is 5.43. The number of nitrogens with one attached hydrogen (secondary N) is 2. The Morgan fingerprint density at radius 2 is 1.95 bits per heavy atom. The van der Waals surface area contributed by atoms with Crippen LogP contribution < -0.4 is 16.8 Å². The maximum atomic E-state index is 12.0. The molecule has 2 aromatic rings. The van der Waals surface area contributed by atoms with Crippen molar-refractivity contribution in [1.82, 2.24) is 10.2 Å². The highest BCUT2D eigenvalue weighted by atomic mass is 16.1. The highest BCUT2D eigenvalue weighted by molar-refractivity contribution is 6.04. The number of benzene rings is 1. The van der Waals surface area contributed by atoms with Crippen LogP contribution in [-0.4, -0.2) is 16.1 Å². The number of aromatic nitrogens is 2. The van der Waals surface area contributed by atoms with Gasteiger partial charge in [-0.05, 0) is 24.6 Å². The second-order valence-corrected chi connectivity index (χ2v) is 4.37. The molecule has 1 aromatic heterocycles. The van der Waals surface area contributed by atoms with E-state index in [9.17, 15) is 4.79 Å². The van der Waals surface area contributed by atoms with Crippen LogP contribution in [0.5, 0.6) is 0 Å². The van der Waals surface area contributed by atoms with Crippen molar-refractivity contribution in [2.45, 2.75) is 19.8 Å². The minimum absolute atomic E-state index is 0.284. The number of hydrogen-bond acceptors (Lipinski definition) is 4. The van der Waals surface area contributed by atoms with Crippen LogP contribution in [0.15, 0.2) is 24.3 Å². The van der Waals surface area contributed by atoms with Crippen molar-refractivity contribution in [2.75, 3.05) is 16.8 Å². The number of hydrogen-bond donors (Lipinski definition) is 4. The van der Waals surface area contributed by atoms with E-state index in [1.807, 2.05) is 6.07 Å². The summed E-state index contributed by atoms with van der Waals surface area (Å²) in [6, 6.07) is 6.57. The van der Waals surface area contributed by atoms with Crippen LogP contribution in [0.1, 0.15) is 29.4 Å². The number of H-pyrrole nitrogens is 1. The molecule has 0 saturated heterocycles. The summed E-state index contributed by atoms with van der Waals surface area (Å²) in [6.07, 6.45) is 1.91. The Bertz CT molecular complexity index is 570. The third-order valence-electron chi connectivity index (χ3n) is 2.63. The second-order valence-electron chi connectivity index (χ2n) is 4.37. The van der Waals surface area contributed by atoms with E-state index in [1.54, 1.807) is 18.2 Å². The largest absolute Gasteiger partial charge is 0.399 e. The summed E-state index contributed by atoms with van der Waals surface area (Å²) in [5.41, 5.74) is 13.6. The molecular weight excluding hydrogens is 242 g/mol. The van der Waals surface area contributed by atoms with Gasteiger partial charge in [-0.3, -0.25) is 9.89 Å². The van der Waals surface area contributed by atoms with E-state index >= 15 is 0 Å². The summed E-state index contributed by atoms with van der Waals surface area (Å²) in [7, 11) is 0. The van der Waals surface area contributed by atoms with E-state index in [-0.39, 0.29) is 5.91 Å². The first-order valence-corrected chi connectivity index (χ1v) is 6.10. The normalized spacial score (nSPS) is 10.4. The fourth-order valence-electron chi connectivity index (χ4n) is 1.82. The summed E-state index contributed by atoms with van der Waals surface area (Å²) in [5.74, 6) is 0.211. The van der Waals surface area contributed by atoms with Crippen LogP contribution in [0, 0.1) is 0 Å². The number of rotatable bonds is 4. The summed E-state index contributed by atoms with van der Waals surface area (Å²) in [5, 5.41) is 9.60. The Morgan fingerprint density at radius 3 is 2.58 bits per heavy atom. The fraction of sp³-hybridized carbons (Fsp3) is 0.231. The Hall–Kier alpha value is -2.50. The molecule has 0 atom stereocenters. The third kappa shape index (κ3) is 3.25. The van der Waals surface area contributed by atoms with Gasteiger partial charge in [0.25, 0.3) is 5.91 Å². The zero-order chi connectivity index (χ0) is 13.8. The van der Waals surface area contributed by atoms with Crippen molar-refractivity contribution in [3.63, 3.8) is 0 Å². The predicted molar refractivity (Wildman–Crippen MR) is 75.8 cm³/mol.